The van der Waals surface area contributed by atoms with Crippen LogP contribution in [-0.4, -0.2) is 59.7 Å². The quantitative estimate of drug-likeness (QED) is 0.399. The van der Waals surface area contributed by atoms with Gasteiger partial charge in [0.1, 0.15) is 11.5 Å². The fraction of sp³-hybridized carbons (Fsp3) is 0.455. The molecule has 1 N–H and O–H groups in total. The molecule has 2 aromatic carbocycles. The predicted octanol–water partition coefficient (Wildman–Crippen LogP) is 4.51. The van der Waals surface area contributed by atoms with Crippen molar-refractivity contribution in [3.05, 3.63) is 68.6 Å². The number of imide groups is 1. The van der Waals surface area contributed by atoms with Crippen molar-refractivity contribution in [1.29, 1.82) is 0 Å². The van der Waals surface area contributed by atoms with Gasteiger partial charge in [-0.25, -0.2) is 0 Å². The fourth-order valence-electron chi connectivity index (χ4n) is 8.55. The summed E-state index contributed by atoms with van der Waals surface area (Å²) in [7, 11) is 1.59. The van der Waals surface area contributed by atoms with Crippen LogP contribution in [0.15, 0.2) is 58.4 Å². The SMILES string of the molecule is COc1ccc(N2C(=O)C3C(C2=O)[C@@H]2C[C@H]3C3Sc4[nH]c(=O)sc4[C@H](c4cccc(OCC(=O)N5CCCCC5)c4)C32)cc1. The molecule has 4 heterocycles. The maximum atomic E-state index is 14.0. The number of nitrogens with zero attached hydrogens (tertiary/aromatic N) is 2. The number of aromatic nitrogens is 1. The summed E-state index contributed by atoms with van der Waals surface area (Å²) in [5.41, 5.74) is 1.58. The highest BCUT2D eigenvalue weighted by Crippen LogP contribution is 2.68. The summed E-state index contributed by atoms with van der Waals surface area (Å²) >= 11 is 2.91. The number of carbonyl (C=O) groups excluding carboxylic acids is 3. The van der Waals surface area contributed by atoms with E-state index < -0.39 is 0 Å². The van der Waals surface area contributed by atoms with Crippen LogP contribution in [0.4, 0.5) is 5.69 Å². The number of aromatic amines is 1. The van der Waals surface area contributed by atoms with Gasteiger partial charge in [-0.05, 0) is 85.4 Å². The van der Waals surface area contributed by atoms with E-state index in [0.717, 1.165) is 54.2 Å². The number of nitrogens with one attached hydrogen (secondary N) is 1. The van der Waals surface area contributed by atoms with Crippen LogP contribution < -0.4 is 19.2 Å². The Hall–Kier alpha value is -3.57. The van der Waals surface area contributed by atoms with Crippen LogP contribution >= 0.6 is 23.1 Å². The molecular weight excluding hydrogens is 599 g/mol. The second-order valence-corrected chi connectivity index (χ2v) is 14.7. The summed E-state index contributed by atoms with van der Waals surface area (Å²) in [5.74, 6) is 0.338. The maximum Gasteiger partial charge on any atom is 0.305 e. The number of hydrogen-bond acceptors (Lipinski definition) is 8. The summed E-state index contributed by atoms with van der Waals surface area (Å²) < 4.78 is 11.3. The maximum absolute atomic E-state index is 14.0. The zero-order chi connectivity index (χ0) is 30.1. The number of thiazole rings is 1. The zero-order valence-electron chi connectivity index (χ0n) is 24.3. The molecule has 3 aromatic rings. The van der Waals surface area contributed by atoms with Crippen molar-refractivity contribution in [2.24, 2.45) is 29.6 Å². The number of fused-ring (bicyclic) bond motifs is 9. The molecule has 3 aliphatic heterocycles. The van der Waals surface area contributed by atoms with Crippen molar-refractivity contribution in [3.8, 4) is 11.5 Å². The second kappa shape index (κ2) is 10.8. The van der Waals surface area contributed by atoms with E-state index in [2.05, 4.69) is 11.1 Å². The van der Waals surface area contributed by atoms with Gasteiger partial charge in [0, 0.05) is 29.1 Å². The lowest BCUT2D eigenvalue weighted by atomic mass is 9.68. The van der Waals surface area contributed by atoms with Crippen molar-refractivity contribution in [3.63, 3.8) is 0 Å². The van der Waals surface area contributed by atoms with Crippen molar-refractivity contribution in [1.82, 2.24) is 9.88 Å². The van der Waals surface area contributed by atoms with Crippen molar-refractivity contribution < 1.29 is 23.9 Å². The molecule has 9 nitrogen and oxygen atoms in total. The third-order valence-electron chi connectivity index (χ3n) is 10.3. The fourth-order valence-corrected chi connectivity index (χ4v) is 11.4. The monoisotopic (exact) mass is 631 g/mol. The minimum absolute atomic E-state index is 0.000319. The van der Waals surface area contributed by atoms with Crippen LogP contribution in [0.25, 0.3) is 0 Å². The number of thioether (sulfide) groups is 1. The number of amides is 3. The van der Waals surface area contributed by atoms with Gasteiger partial charge in [-0.1, -0.05) is 23.5 Å². The Labute approximate surface area is 262 Å². The third-order valence-corrected chi connectivity index (χ3v) is 12.9. The number of hydrogen-bond donors (Lipinski definition) is 1. The van der Waals surface area contributed by atoms with Gasteiger partial charge in [-0.15, -0.1) is 11.8 Å². The molecular formula is C33H33N3O6S2. The summed E-state index contributed by atoms with van der Waals surface area (Å²) in [6.07, 6.45) is 4.04. The Balaban J connectivity index is 1.10. The first-order chi connectivity index (χ1) is 21.4. The molecule has 5 aliphatic rings. The van der Waals surface area contributed by atoms with Gasteiger partial charge in [-0.3, -0.25) is 24.1 Å². The normalized spacial score (nSPS) is 30.2. The van der Waals surface area contributed by atoms with Crippen LogP contribution in [0.1, 0.15) is 42.0 Å². The first-order valence-electron chi connectivity index (χ1n) is 15.3. The van der Waals surface area contributed by atoms with Gasteiger partial charge in [0.15, 0.2) is 6.61 Å². The van der Waals surface area contributed by atoms with Gasteiger partial charge in [0.2, 0.25) is 11.8 Å². The number of carbonyl (C=O) groups is 3. The molecule has 2 aliphatic carbocycles. The first kappa shape index (κ1) is 27.9. The van der Waals surface area contributed by atoms with E-state index in [1.165, 1.54) is 16.2 Å². The summed E-state index contributed by atoms with van der Waals surface area (Å²) in [6.45, 7) is 1.55. The van der Waals surface area contributed by atoms with E-state index in [4.69, 9.17) is 9.47 Å². The first-order valence-corrected chi connectivity index (χ1v) is 17.0. The van der Waals surface area contributed by atoms with E-state index in [1.807, 2.05) is 23.1 Å². The number of rotatable bonds is 6. The zero-order valence-corrected chi connectivity index (χ0v) is 25.9. The summed E-state index contributed by atoms with van der Waals surface area (Å²) in [5, 5.41) is 0.965. The molecule has 4 fully saturated rings. The molecule has 11 heteroatoms. The van der Waals surface area contributed by atoms with Crippen LogP contribution in [0.5, 0.6) is 11.5 Å². The second-order valence-electron chi connectivity index (χ2n) is 12.5. The average molecular weight is 632 g/mol. The molecule has 3 amide bonds. The van der Waals surface area contributed by atoms with Crippen LogP contribution in [0.3, 0.4) is 0 Å². The molecule has 228 valence electrons. The highest BCUT2D eigenvalue weighted by atomic mass is 32.2. The largest absolute Gasteiger partial charge is 0.497 e. The minimum Gasteiger partial charge on any atom is -0.497 e. The topological polar surface area (TPSA) is 109 Å². The molecule has 2 bridgehead atoms. The highest BCUT2D eigenvalue weighted by molar-refractivity contribution is 8.00. The van der Waals surface area contributed by atoms with Crippen LogP contribution in [0.2, 0.25) is 0 Å². The lowest BCUT2D eigenvalue weighted by molar-refractivity contribution is -0.134. The number of anilines is 1. The van der Waals surface area contributed by atoms with Crippen molar-refractivity contribution >= 4 is 46.5 Å². The summed E-state index contributed by atoms with van der Waals surface area (Å²) in [4.78, 5) is 60.5. The number of benzene rings is 2. The molecule has 0 radical (unpaired) electrons. The third kappa shape index (κ3) is 4.34. The Kier molecular flexibility index (Phi) is 6.86. The van der Waals surface area contributed by atoms with E-state index in [-0.39, 0.29) is 70.0 Å². The molecule has 2 saturated carbocycles. The lowest BCUT2D eigenvalue weighted by Crippen LogP contribution is -2.42. The molecule has 8 rings (SSSR count). The van der Waals surface area contributed by atoms with Gasteiger partial charge in [0.05, 0.1) is 29.7 Å². The van der Waals surface area contributed by atoms with Crippen molar-refractivity contribution in [2.45, 2.75) is 41.9 Å². The number of ether oxygens (including phenoxy) is 2. The summed E-state index contributed by atoms with van der Waals surface area (Å²) in [6, 6.07) is 14.9. The number of H-pyrrole nitrogens is 1. The standard InChI is InChI=1S/C33H33N3O6S2/c1-41-19-10-8-18(9-11-19)36-31(38)26-21-15-22(27(26)32(36)39)28-25(21)24(29-30(43-28)34-33(40)44-29)17-6-5-7-20(14-17)42-16-23(37)35-12-3-2-4-13-35/h5-11,14,21-22,24-28H,2-4,12-13,15-16H2,1H3,(H,34,40)/t21-,22-,24-,25?,26?,27?,28?/m1/s1. The number of piperidine rings is 1. The van der Waals surface area contributed by atoms with Crippen LogP contribution in [0, 0.1) is 29.6 Å². The molecule has 1 aromatic heterocycles. The van der Waals surface area contributed by atoms with Crippen molar-refractivity contribution in [2.75, 3.05) is 31.7 Å². The molecule has 44 heavy (non-hydrogen) atoms. The predicted molar refractivity (Wildman–Crippen MR) is 166 cm³/mol. The highest BCUT2D eigenvalue weighted by Gasteiger charge is 2.69. The van der Waals surface area contributed by atoms with Gasteiger partial charge < -0.3 is 19.4 Å². The Morgan fingerprint density at radius 3 is 2.45 bits per heavy atom. The molecule has 4 unspecified atom stereocenters. The lowest BCUT2D eigenvalue weighted by Gasteiger charge is -2.43. The smallest absolute Gasteiger partial charge is 0.305 e. The Morgan fingerprint density at radius 2 is 1.70 bits per heavy atom. The minimum atomic E-state index is -0.377. The Morgan fingerprint density at radius 1 is 0.955 bits per heavy atom. The average Bonchev–Trinajstić information content (AvgIpc) is 3.79. The molecule has 7 atom stereocenters. The van der Waals surface area contributed by atoms with Gasteiger partial charge in [-0.2, -0.15) is 0 Å². The van der Waals surface area contributed by atoms with Gasteiger partial charge >= 0.3 is 4.87 Å². The van der Waals surface area contributed by atoms with Crippen LogP contribution in [-0.2, 0) is 14.4 Å². The van der Waals surface area contributed by atoms with E-state index in [1.54, 1.807) is 43.1 Å². The number of methoxy groups -OCH3 is 1. The number of likely N-dealkylation sites (tertiary alicyclic amines) is 1. The van der Waals surface area contributed by atoms with E-state index >= 15 is 0 Å². The van der Waals surface area contributed by atoms with E-state index in [0.29, 0.717) is 17.2 Å². The van der Waals surface area contributed by atoms with Gasteiger partial charge in [0.25, 0.3) is 5.91 Å². The van der Waals surface area contributed by atoms with E-state index in [9.17, 15) is 19.2 Å². The molecule has 0 spiro atoms. The Bertz CT molecular complexity index is 1700. The molecule has 2 saturated heterocycles.